The highest BCUT2D eigenvalue weighted by atomic mass is 16.6. The predicted molar refractivity (Wildman–Crippen MR) is 453 cm³/mol. The topological polar surface area (TPSA) is 453 Å². The molecule has 35 nitrogen and oxygen atoms in total. The highest BCUT2D eigenvalue weighted by molar-refractivity contribution is 6.39. The first-order chi connectivity index (χ1) is 58.7. The van der Waals surface area contributed by atoms with E-state index in [1.165, 1.54) is 30.7 Å². The van der Waals surface area contributed by atoms with Gasteiger partial charge in [-0.3, -0.25) is 28.8 Å². The molecule has 2 bridgehead atoms. The number of allylic oxidation sites excluding steroid dienone is 6. The highest BCUT2D eigenvalue weighted by Crippen LogP contribution is 2.41. The number of esters is 1. The molecule has 656 valence electrons. The molecule has 0 spiro atoms. The first kappa shape index (κ1) is 90.5. The van der Waals surface area contributed by atoms with E-state index in [0.29, 0.717) is 171 Å². The van der Waals surface area contributed by atoms with E-state index >= 15 is 0 Å². The first-order valence-corrected chi connectivity index (χ1v) is 42.5. The number of piperazine rings is 1. The number of carbonyl (C=O) groups is 7. The number of unbranched alkanes of at least 4 members (excludes halogenated alkanes) is 1. The number of rotatable bonds is 23. The molecule has 10 heterocycles. The second kappa shape index (κ2) is 41.9. The van der Waals surface area contributed by atoms with Crippen LogP contribution in [-0.4, -0.2) is 245 Å². The molecule has 0 radical (unpaired) electrons. The number of carbonyl (C=O) groups excluding carboxylic acids is 7. The van der Waals surface area contributed by atoms with Crippen LogP contribution in [0.4, 0.5) is 23.7 Å². The van der Waals surface area contributed by atoms with Gasteiger partial charge in [-0.2, -0.15) is 10.1 Å². The van der Waals surface area contributed by atoms with E-state index in [4.69, 9.17) is 59.4 Å². The Bertz CT molecular complexity index is 4910. The Labute approximate surface area is 709 Å². The maximum Gasteiger partial charge on any atom is 0.329 e. The number of oxazole rings is 1. The lowest BCUT2D eigenvalue weighted by molar-refractivity contribution is -0.265. The smallest absolute Gasteiger partial charge is 0.329 e. The molecule has 3 amide bonds. The normalized spacial score (nSPS) is 27.8. The van der Waals surface area contributed by atoms with Gasteiger partial charge in [-0.25, -0.2) is 44.1 Å². The van der Waals surface area contributed by atoms with E-state index in [2.05, 4.69) is 50.8 Å². The van der Waals surface area contributed by atoms with Crippen LogP contribution in [0.15, 0.2) is 108 Å². The summed E-state index contributed by atoms with van der Waals surface area (Å²) in [6.45, 7) is 16.6. The van der Waals surface area contributed by atoms with Gasteiger partial charge in [0.2, 0.25) is 23.6 Å². The minimum Gasteiger partial charge on any atom is -0.460 e. The molecule has 1 saturated carbocycles. The van der Waals surface area contributed by atoms with E-state index in [1.807, 2.05) is 86.0 Å². The van der Waals surface area contributed by atoms with Crippen LogP contribution in [0.1, 0.15) is 161 Å². The number of nitrogens with one attached hydrogen (secondary N) is 2. The minimum absolute atomic E-state index is 0.0175. The van der Waals surface area contributed by atoms with Crippen LogP contribution in [0.2, 0.25) is 0 Å². The summed E-state index contributed by atoms with van der Waals surface area (Å²) in [5.74, 6) is -7.67. The molecule has 8 N–H and O–H groups in total. The average Bonchev–Trinajstić information content (AvgIpc) is 1.14. The lowest BCUT2D eigenvalue weighted by Crippen LogP contribution is -2.61. The maximum absolute atomic E-state index is 14.9. The van der Waals surface area contributed by atoms with Crippen LogP contribution in [0.3, 0.4) is 0 Å². The van der Waals surface area contributed by atoms with E-state index in [1.54, 1.807) is 64.2 Å². The Balaban J connectivity index is 0.602. The summed E-state index contributed by atoms with van der Waals surface area (Å²) in [6, 6.07) is 4.13. The van der Waals surface area contributed by atoms with Gasteiger partial charge in [0.05, 0.1) is 54.7 Å². The zero-order valence-corrected chi connectivity index (χ0v) is 71.4. The monoisotopic (exact) mass is 1680 g/mol. The number of nitrogens with zero attached hydrogens (tertiary/aromatic N) is 15. The standard InChI is InChI=1S/C87H117N19O16/c1-51-18-12-11-13-19-52(2)69(116-8)43-62-24-21-57(7)87(115,122-62)78(111)82(113)104-30-16-14-20-66(104)83(114)120-70(44-67(107)53(3)39-56(6)76(110)77(118-10)75(109)55(5)38-51)54(4)40-58-22-25-65(71(41-58)117-9)106-49-64(99-101-106)60-45-92-85(93-46-60)102-32-34-103(35-33-102)86-94-47-61(48-95-86)81(112)91-29-37-119-36-27-72(108)90-28-15-17-31-105-80-73(79(88)96-50-97-80)74(100-105)59-23-26-68-63(42-59)98-84(89)121-68/h11-13,18-19,23,26,39,42,45-51,53-55,57-58,62,65-66,69-71,76-77,110,115H,14-17,20-22,24-25,27-38,40-41,43-44H2,1-10H3,(H2,89,98)(H,90,108)(H,91,112)(H2,88,96,97)/b13-11+,18-12+,52-19+,56-39+/t51-,53-,54-,55-,57-,58+,62+,65+,66+,69+,70+,71-,76-,77+,87-/m1/s1. The third-order valence-corrected chi connectivity index (χ3v) is 24.4. The van der Waals surface area contributed by atoms with Gasteiger partial charge in [-0.15, -0.1) is 5.10 Å². The number of aliphatic hydroxyl groups excluding tert-OH is 1. The van der Waals surface area contributed by atoms with Crippen LogP contribution >= 0.6 is 0 Å². The lowest BCUT2D eigenvalue weighted by Gasteiger charge is -2.42. The average molecular weight is 1690 g/mol. The number of benzene rings is 1. The summed E-state index contributed by atoms with van der Waals surface area (Å²) in [5, 5.41) is 44.2. The van der Waals surface area contributed by atoms with Crippen molar-refractivity contribution in [2.75, 3.05) is 102 Å². The van der Waals surface area contributed by atoms with E-state index in [9.17, 15) is 43.8 Å². The molecule has 1 aliphatic carbocycles. The molecule has 35 heteroatoms. The summed E-state index contributed by atoms with van der Waals surface area (Å²) >= 11 is 0. The number of anilines is 4. The van der Waals surface area contributed by atoms with E-state index < -0.39 is 83.7 Å². The van der Waals surface area contributed by atoms with Crippen LogP contribution in [0.5, 0.6) is 0 Å². The van der Waals surface area contributed by atoms with Crippen LogP contribution in [-0.2, 0) is 63.7 Å². The summed E-state index contributed by atoms with van der Waals surface area (Å²) in [6.07, 6.45) is 22.5. The number of nitrogens with two attached hydrogens (primary N) is 2. The van der Waals surface area contributed by atoms with Crippen molar-refractivity contribution in [3.8, 4) is 22.5 Å². The van der Waals surface area contributed by atoms with E-state index in [-0.39, 0.29) is 105 Å². The zero-order valence-electron chi connectivity index (χ0n) is 71.4. The number of methoxy groups -OCH3 is 3. The third kappa shape index (κ3) is 22.2. The summed E-state index contributed by atoms with van der Waals surface area (Å²) < 4.78 is 45.2. The lowest BCUT2D eigenvalue weighted by atomic mass is 9.77. The second-order valence-corrected chi connectivity index (χ2v) is 33.1. The minimum atomic E-state index is -2.48. The van der Waals surface area contributed by atoms with Crippen molar-refractivity contribution >= 4 is 86.9 Å². The van der Waals surface area contributed by atoms with Gasteiger partial charge in [0.1, 0.15) is 59.2 Å². The number of hydrogen-bond acceptors (Lipinski definition) is 30. The number of cyclic esters (lactones) is 1. The van der Waals surface area contributed by atoms with Crippen molar-refractivity contribution in [2.24, 2.45) is 35.5 Å². The largest absolute Gasteiger partial charge is 0.460 e. The Kier molecular flexibility index (Phi) is 31.1. The Morgan fingerprint density at radius 3 is 2.25 bits per heavy atom. The number of ether oxygens (including phenoxy) is 6. The first-order valence-electron chi connectivity index (χ1n) is 42.5. The summed E-state index contributed by atoms with van der Waals surface area (Å²) in [7, 11) is 4.61. The van der Waals surface area contributed by atoms with Gasteiger partial charge in [-0.05, 0) is 138 Å². The fourth-order valence-electron chi connectivity index (χ4n) is 17.1. The van der Waals surface area contributed by atoms with E-state index in [0.717, 1.165) is 17.6 Å². The molecule has 15 atom stereocenters. The van der Waals surface area contributed by atoms with Gasteiger partial charge in [-0.1, -0.05) is 76.3 Å². The molecule has 4 aliphatic heterocycles. The number of fused-ring (bicyclic) bond motifs is 5. The van der Waals surface area contributed by atoms with Crippen molar-refractivity contribution < 1.29 is 76.6 Å². The Hall–Kier alpha value is -10.7. The molecule has 4 fully saturated rings. The predicted octanol–water partition coefficient (Wildman–Crippen LogP) is 8.07. The van der Waals surface area contributed by atoms with Gasteiger partial charge < -0.3 is 79.9 Å². The number of hydrogen-bond donors (Lipinski definition) is 6. The third-order valence-electron chi connectivity index (χ3n) is 24.4. The van der Waals surface area contributed by atoms with Crippen LogP contribution in [0.25, 0.3) is 44.6 Å². The van der Waals surface area contributed by atoms with Crippen molar-refractivity contribution in [1.82, 2.24) is 75.2 Å². The molecule has 5 aliphatic rings. The number of ketones is 3. The van der Waals surface area contributed by atoms with Gasteiger partial charge in [0, 0.05) is 147 Å². The van der Waals surface area contributed by atoms with Crippen molar-refractivity contribution in [2.45, 2.75) is 206 Å². The van der Waals surface area contributed by atoms with Crippen molar-refractivity contribution in [3.05, 3.63) is 109 Å². The molecular formula is C87H117N19O16. The number of piperidine rings is 1. The Morgan fingerprint density at radius 2 is 1.52 bits per heavy atom. The van der Waals surface area contributed by atoms with Gasteiger partial charge in [0.25, 0.3) is 23.6 Å². The fourth-order valence-corrected chi connectivity index (χ4v) is 17.1. The molecule has 1 aromatic carbocycles. The number of aromatic nitrogens is 12. The Morgan fingerprint density at radius 1 is 0.779 bits per heavy atom. The summed E-state index contributed by atoms with van der Waals surface area (Å²) in [4.78, 5) is 135. The molecule has 122 heavy (non-hydrogen) atoms. The van der Waals surface area contributed by atoms with Gasteiger partial charge in [0.15, 0.2) is 17.0 Å². The number of nitrogen functional groups attached to an aromatic ring is 2. The number of Topliss-reactive ketones (excluding diaryl/α,β-unsaturated/α-hetero) is 3. The number of aliphatic hydroxyl groups is 2. The summed E-state index contributed by atoms with van der Waals surface area (Å²) in [5.41, 5.74) is 17.9. The molecule has 3 saturated heterocycles. The highest BCUT2D eigenvalue weighted by Gasteiger charge is 2.53. The van der Waals surface area contributed by atoms with Crippen molar-refractivity contribution in [1.29, 1.82) is 0 Å². The van der Waals surface area contributed by atoms with Crippen molar-refractivity contribution in [3.63, 3.8) is 0 Å². The molecule has 0 unspecified atom stereocenters. The van der Waals surface area contributed by atoms with Crippen LogP contribution in [0, 0.1) is 35.5 Å². The maximum atomic E-state index is 14.9. The SMILES string of the molecule is CO[C@H]1C[C@@H]2CC[C@@H](C)[C@@](O)(O2)C(=O)C(=O)N2CCCC[C@H]2C(=O)O[C@H]([C@H](C)C[C@@H]2CC[C@H](n3cc(-c4cnc(N5CCN(c6ncc(C(=O)NCCOCCC(=O)NCCCCn7nc(-c8ccc9oc(N)nc9c8)c8c(N)ncnc87)cn6)CC5)nc4)nn3)[C@H](OC)C2)CC(=O)[C@H](C)/C=C(\C)[C@@H](O)[C@@H](OC)C(=O)[C@H](C)C[C@H](C)/C=C/C=C/C=C/1C. The molecule has 12 rings (SSSR count). The quantitative estimate of drug-likeness (QED) is 0.0152. The number of amides is 3. The van der Waals surface area contributed by atoms with Crippen LogP contribution < -0.4 is 31.9 Å². The second-order valence-electron chi connectivity index (χ2n) is 33.1. The van der Waals surface area contributed by atoms with Gasteiger partial charge >= 0.3 is 5.97 Å². The zero-order chi connectivity index (χ0) is 86.9. The molecule has 6 aromatic heterocycles. The molecule has 7 aromatic rings. The number of aryl methyl sites for hydroxylation is 1. The molecular weight excluding hydrogens is 1570 g/mol. The fraction of sp³-hybridized carbons (Fsp3) is 0.575.